The molecule has 68 valence electrons. The topological polar surface area (TPSA) is 56.6 Å². The number of nitrogens with zero attached hydrogens (tertiary/aromatic N) is 1. The summed E-state index contributed by atoms with van der Waals surface area (Å²) in [5.74, 6) is 0. The number of rotatable bonds is 1. The number of alkyl halides is 2. The molecule has 1 aromatic rings. The highest BCUT2D eigenvalue weighted by molar-refractivity contribution is 14.1. The smallest absolute Gasteiger partial charge is 0.279 e. The molecule has 0 amide bonds. The van der Waals surface area contributed by atoms with E-state index in [0.29, 0.717) is 0 Å². The second kappa shape index (κ2) is 3.83. The number of aromatic amines is 1. The minimum Gasteiger partial charge on any atom is -0.319 e. The number of nitriles is 1. The minimum absolute atomic E-state index is 0.195. The number of hydrogen-bond donors (Lipinski definition) is 1. The van der Waals surface area contributed by atoms with E-state index < -0.39 is 17.7 Å². The molecule has 3 nitrogen and oxygen atoms in total. The molecule has 1 rings (SSSR count). The normalized spacial score (nSPS) is 10.1. The summed E-state index contributed by atoms with van der Waals surface area (Å²) in [4.78, 5) is 12.9. The lowest BCUT2D eigenvalue weighted by Crippen LogP contribution is -2.14. The van der Waals surface area contributed by atoms with Gasteiger partial charge in [0.25, 0.3) is 12.0 Å². The molecule has 0 atom stereocenters. The Kier molecular flexibility index (Phi) is 2.98. The molecule has 0 aliphatic carbocycles. The van der Waals surface area contributed by atoms with Crippen LogP contribution in [-0.2, 0) is 0 Å². The fourth-order valence-electron chi connectivity index (χ4n) is 0.784. The fourth-order valence-corrected chi connectivity index (χ4v) is 1.23. The lowest BCUT2D eigenvalue weighted by Gasteiger charge is -2.01. The molecule has 13 heavy (non-hydrogen) atoms. The van der Waals surface area contributed by atoms with Gasteiger partial charge < -0.3 is 4.98 Å². The largest absolute Gasteiger partial charge is 0.319 e. The standard InChI is InChI=1S/C7H3F2IN2O/c8-6(9)5-3(2-11)1-4(10)7(13)12-5/h1,6H,(H,12,13). The van der Waals surface area contributed by atoms with E-state index in [1.165, 1.54) is 0 Å². The second-order valence-corrected chi connectivity index (χ2v) is 3.35. The van der Waals surface area contributed by atoms with Crippen molar-refractivity contribution in [2.24, 2.45) is 0 Å². The zero-order valence-corrected chi connectivity index (χ0v) is 8.30. The van der Waals surface area contributed by atoms with Crippen molar-refractivity contribution in [3.63, 3.8) is 0 Å². The molecule has 6 heteroatoms. The molecule has 0 aromatic carbocycles. The summed E-state index contributed by atoms with van der Waals surface area (Å²) in [6.07, 6.45) is -2.83. The lowest BCUT2D eigenvalue weighted by atomic mass is 10.2. The maximum Gasteiger partial charge on any atom is 0.279 e. The Morgan fingerprint density at radius 1 is 1.62 bits per heavy atom. The Morgan fingerprint density at radius 3 is 2.69 bits per heavy atom. The third kappa shape index (κ3) is 2.03. The number of halogens is 3. The summed E-state index contributed by atoms with van der Waals surface area (Å²) in [7, 11) is 0. The van der Waals surface area contributed by atoms with Crippen LogP contribution in [0.4, 0.5) is 8.78 Å². The fraction of sp³-hybridized carbons (Fsp3) is 0.143. The first-order chi connectivity index (χ1) is 6.06. The third-order valence-electron chi connectivity index (χ3n) is 1.37. The van der Waals surface area contributed by atoms with Gasteiger partial charge in [-0.1, -0.05) is 0 Å². The molecule has 0 aliphatic rings. The van der Waals surface area contributed by atoms with Gasteiger partial charge in [-0.3, -0.25) is 4.79 Å². The Bertz CT molecular complexity index is 421. The predicted octanol–water partition coefficient (Wildman–Crippen LogP) is 1.79. The zero-order chi connectivity index (χ0) is 10.0. The van der Waals surface area contributed by atoms with E-state index in [-0.39, 0.29) is 9.13 Å². The van der Waals surface area contributed by atoms with Crippen LogP contribution in [0.1, 0.15) is 17.7 Å². The maximum absolute atomic E-state index is 12.2. The summed E-state index contributed by atoms with van der Waals surface area (Å²) in [5.41, 5.74) is -1.41. The van der Waals surface area contributed by atoms with Crippen LogP contribution in [0.2, 0.25) is 0 Å². The average molecular weight is 296 g/mol. The molecule has 1 heterocycles. The molecular weight excluding hydrogens is 293 g/mol. The van der Waals surface area contributed by atoms with Gasteiger partial charge in [-0.25, -0.2) is 8.78 Å². The van der Waals surface area contributed by atoms with Crippen LogP contribution in [0.3, 0.4) is 0 Å². The van der Waals surface area contributed by atoms with Crippen LogP contribution in [0.25, 0.3) is 0 Å². The molecule has 0 aliphatic heterocycles. The van der Waals surface area contributed by atoms with Gasteiger partial charge in [0.05, 0.1) is 9.13 Å². The van der Waals surface area contributed by atoms with E-state index in [1.807, 2.05) is 4.98 Å². The van der Waals surface area contributed by atoms with Gasteiger partial charge in [-0.15, -0.1) is 0 Å². The van der Waals surface area contributed by atoms with Gasteiger partial charge in [0.1, 0.15) is 11.8 Å². The molecule has 0 unspecified atom stereocenters. The predicted molar refractivity (Wildman–Crippen MR) is 49.5 cm³/mol. The second-order valence-electron chi connectivity index (χ2n) is 2.19. The minimum atomic E-state index is -2.83. The van der Waals surface area contributed by atoms with Crippen molar-refractivity contribution < 1.29 is 8.78 Å². The van der Waals surface area contributed by atoms with Crippen LogP contribution >= 0.6 is 22.6 Å². The number of hydrogen-bond acceptors (Lipinski definition) is 2. The lowest BCUT2D eigenvalue weighted by molar-refractivity contribution is 0.145. The van der Waals surface area contributed by atoms with E-state index in [9.17, 15) is 13.6 Å². The van der Waals surface area contributed by atoms with Crippen molar-refractivity contribution in [3.8, 4) is 6.07 Å². The molecule has 0 saturated carbocycles. The van der Waals surface area contributed by atoms with Crippen LogP contribution < -0.4 is 5.56 Å². The molecule has 0 fully saturated rings. The van der Waals surface area contributed by atoms with Gasteiger partial charge in [-0.05, 0) is 28.7 Å². The molecule has 0 saturated heterocycles. The van der Waals surface area contributed by atoms with E-state index >= 15 is 0 Å². The number of nitrogens with one attached hydrogen (secondary N) is 1. The van der Waals surface area contributed by atoms with Gasteiger partial charge >= 0.3 is 0 Å². The van der Waals surface area contributed by atoms with Crippen LogP contribution in [-0.4, -0.2) is 4.98 Å². The molecular formula is C7H3F2IN2O. The van der Waals surface area contributed by atoms with Crippen LogP contribution in [0, 0.1) is 14.9 Å². The van der Waals surface area contributed by atoms with Crippen molar-refractivity contribution in [2.45, 2.75) is 6.43 Å². The summed E-state index contributed by atoms with van der Waals surface area (Å²) in [5, 5.41) is 8.47. The van der Waals surface area contributed by atoms with Gasteiger partial charge in [0.15, 0.2) is 0 Å². The van der Waals surface area contributed by atoms with Gasteiger partial charge in [0.2, 0.25) is 0 Å². The zero-order valence-electron chi connectivity index (χ0n) is 6.14. The molecule has 0 radical (unpaired) electrons. The van der Waals surface area contributed by atoms with Crippen molar-refractivity contribution in [2.75, 3.05) is 0 Å². The van der Waals surface area contributed by atoms with Crippen LogP contribution in [0.15, 0.2) is 10.9 Å². The summed E-state index contributed by atoms with van der Waals surface area (Å²) >= 11 is 1.67. The number of aromatic nitrogens is 1. The monoisotopic (exact) mass is 296 g/mol. The first kappa shape index (κ1) is 10.1. The Balaban J connectivity index is 3.44. The highest BCUT2D eigenvalue weighted by Gasteiger charge is 2.15. The van der Waals surface area contributed by atoms with Gasteiger partial charge in [0, 0.05) is 0 Å². The highest BCUT2D eigenvalue weighted by Crippen LogP contribution is 2.19. The quantitative estimate of drug-likeness (QED) is 0.803. The van der Waals surface area contributed by atoms with E-state index in [2.05, 4.69) is 0 Å². The van der Waals surface area contributed by atoms with Crippen molar-refractivity contribution in [3.05, 3.63) is 31.2 Å². The van der Waals surface area contributed by atoms with Crippen molar-refractivity contribution in [1.82, 2.24) is 4.98 Å². The third-order valence-corrected chi connectivity index (χ3v) is 2.17. The number of pyridine rings is 1. The Hall–Kier alpha value is -0.970. The maximum atomic E-state index is 12.2. The molecule has 0 spiro atoms. The van der Waals surface area contributed by atoms with Crippen molar-refractivity contribution in [1.29, 1.82) is 5.26 Å². The molecule has 1 aromatic heterocycles. The van der Waals surface area contributed by atoms with E-state index in [1.54, 1.807) is 28.7 Å². The summed E-state index contributed by atoms with van der Waals surface area (Å²) < 4.78 is 24.6. The van der Waals surface area contributed by atoms with Crippen molar-refractivity contribution >= 4 is 22.6 Å². The molecule has 1 N–H and O–H groups in total. The van der Waals surface area contributed by atoms with E-state index in [4.69, 9.17) is 5.26 Å². The highest BCUT2D eigenvalue weighted by atomic mass is 127. The molecule has 0 bridgehead atoms. The van der Waals surface area contributed by atoms with Gasteiger partial charge in [-0.2, -0.15) is 5.26 Å². The number of H-pyrrole nitrogens is 1. The summed E-state index contributed by atoms with van der Waals surface area (Å²) in [6, 6.07) is 2.73. The van der Waals surface area contributed by atoms with E-state index in [0.717, 1.165) is 6.07 Å². The van der Waals surface area contributed by atoms with Crippen LogP contribution in [0.5, 0.6) is 0 Å². The Morgan fingerprint density at radius 2 is 2.23 bits per heavy atom. The summed E-state index contributed by atoms with van der Waals surface area (Å²) in [6.45, 7) is 0. The first-order valence-corrected chi connectivity index (χ1v) is 4.25. The SMILES string of the molecule is N#Cc1cc(I)c(=O)[nH]c1C(F)F. The average Bonchev–Trinajstić information content (AvgIpc) is 2.08. The Labute approximate surface area is 85.5 Å². The first-order valence-electron chi connectivity index (χ1n) is 3.17.